The number of nitrogens with one attached hydrogen (secondary N) is 2. The van der Waals surface area contributed by atoms with E-state index in [4.69, 9.17) is 23.2 Å². The first kappa shape index (κ1) is 31.0. The molecule has 3 unspecified atom stereocenters. The molecule has 0 saturated carbocycles. The van der Waals surface area contributed by atoms with E-state index in [1.54, 1.807) is 18.2 Å². The van der Waals surface area contributed by atoms with E-state index in [9.17, 15) is 9.59 Å². The number of rotatable bonds is 12. The van der Waals surface area contributed by atoms with E-state index in [0.717, 1.165) is 25.9 Å². The summed E-state index contributed by atoms with van der Waals surface area (Å²) in [5.74, 6) is 0.185. The lowest BCUT2D eigenvalue weighted by Gasteiger charge is -2.29. The van der Waals surface area contributed by atoms with Gasteiger partial charge in [0.2, 0.25) is 5.91 Å². The number of carbonyl (C=O) groups is 2. The van der Waals surface area contributed by atoms with Gasteiger partial charge in [-0.1, -0.05) is 90.8 Å². The number of nitrogens with zero attached hydrogens (tertiary/aromatic N) is 2. The van der Waals surface area contributed by atoms with Crippen molar-refractivity contribution in [3.05, 3.63) is 106 Å². The number of hydrogen-bond donors (Lipinski definition) is 2. The van der Waals surface area contributed by atoms with Gasteiger partial charge in [-0.25, -0.2) is 0 Å². The van der Waals surface area contributed by atoms with Crippen LogP contribution in [-0.4, -0.2) is 66.9 Å². The zero-order valence-electron chi connectivity index (χ0n) is 23.9. The van der Waals surface area contributed by atoms with Crippen LogP contribution in [-0.2, 0) is 11.3 Å². The van der Waals surface area contributed by atoms with Crippen LogP contribution in [0.4, 0.5) is 0 Å². The molecule has 6 nitrogen and oxygen atoms in total. The van der Waals surface area contributed by atoms with Gasteiger partial charge in [-0.15, -0.1) is 0 Å². The normalized spacial score (nSPS) is 18.3. The van der Waals surface area contributed by atoms with E-state index in [1.165, 1.54) is 11.1 Å². The van der Waals surface area contributed by atoms with Gasteiger partial charge < -0.3 is 20.4 Å². The highest BCUT2D eigenvalue weighted by atomic mass is 35.5. The molecular weight excluding hydrogens is 555 g/mol. The lowest BCUT2D eigenvalue weighted by molar-refractivity contribution is -0.133. The van der Waals surface area contributed by atoms with Crippen molar-refractivity contribution in [1.82, 2.24) is 20.4 Å². The summed E-state index contributed by atoms with van der Waals surface area (Å²) in [6.07, 6.45) is 2.38. The van der Waals surface area contributed by atoms with Crippen molar-refractivity contribution >= 4 is 35.0 Å². The van der Waals surface area contributed by atoms with Gasteiger partial charge in [0.1, 0.15) is 0 Å². The van der Waals surface area contributed by atoms with Crippen LogP contribution in [0.1, 0.15) is 53.6 Å². The summed E-state index contributed by atoms with van der Waals surface area (Å²) in [7, 11) is 2.09. The topological polar surface area (TPSA) is 64.7 Å². The second-order valence-electron chi connectivity index (χ2n) is 10.9. The summed E-state index contributed by atoms with van der Waals surface area (Å²) in [4.78, 5) is 31.0. The Morgan fingerprint density at radius 3 is 2.44 bits per heavy atom. The third-order valence-corrected chi connectivity index (χ3v) is 8.52. The smallest absolute Gasteiger partial charge is 0.251 e. The molecular formula is C33H40Cl2N4O2. The molecule has 4 rings (SSSR count). The molecule has 0 aliphatic carbocycles. The molecule has 2 N–H and O–H groups in total. The Morgan fingerprint density at radius 1 is 1.05 bits per heavy atom. The maximum atomic E-state index is 13.9. The number of carbonyl (C=O) groups excluding carboxylic acids is 2. The number of halogens is 2. The van der Waals surface area contributed by atoms with Crippen molar-refractivity contribution in [2.24, 2.45) is 0 Å². The average molecular weight is 596 g/mol. The molecule has 3 atom stereocenters. The van der Waals surface area contributed by atoms with Gasteiger partial charge in [0.15, 0.2) is 0 Å². The molecule has 2 amide bonds. The summed E-state index contributed by atoms with van der Waals surface area (Å²) in [5.41, 5.74) is 2.95. The predicted octanol–water partition coefficient (Wildman–Crippen LogP) is 6.00. The number of hydrogen-bond acceptors (Lipinski definition) is 4. The molecule has 3 aromatic carbocycles. The summed E-state index contributed by atoms with van der Waals surface area (Å²) < 4.78 is 0. The van der Waals surface area contributed by atoms with Gasteiger partial charge in [-0.2, -0.15) is 0 Å². The zero-order chi connectivity index (χ0) is 29.2. The van der Waals surface area contributed by atoms with Gasteiger partial charge in [0.25, 0.3) is 5.91 Å². The molecule has 218 valence electrons. The highest BCUT2D eigenvalue weighted by Crippen LogP contribution is 2.24. The Balaban J connectivity index is 1.44. The minimum absolute atomic E-state index is 0.0445. The summed E-state index contributed by atoms with van der Waals surface area (Å²) in [6, 6.07) is 25.3. The van der Waals surface area contributed by atoms with E-state index < -0.39 is 0 Å². The van der Waals surface area contributed by atoms with Crippen LogP contribution in [0.25, 0.3) is 0 Å². The Hall–Kier alpha value is -2.90. The largest absolute Gasteiger partial charge is 0.350 e. The lowest BCUT2D eigenvalue weighted by Crippen LogP contribution is -2.50. The van der Waals surface area contributed by atoms with Crippen LogP contribution in [0.5, 0.6) is 0 Å². The highest BCUT2D eigenvalue weighted by molar-refractivity contribution is 6.42. The molecule has 8 heteroatoms. The van der Waals surface area contributed by atoms with Crippen molar-refractivity contribution in [3.63, 3.8) is 0 Å². The van der Waals surface area contributed by atoms with Gasteiger partial charge >= 0.3 is 0 Å². The third kappa shape index (κ3) is 9.04. The second-order valence-corrected chi connectivity index (χ2v) is 11.7. The molecule has 1 fully saturated rings. The van der Waals surface area contributed by atoms with Crippen molar-refractivity contribution in [2.45, 2.75) is 50.7 Å². The van der Waals surface area contributed by atoms with Crippen LogP contribution in [0.15, 0.2) is 78.9 Å². The van der Waals surface area contributed by atoms with Crippen molar-refractivity contribution in [1.29, 1.82) is 0 Å². The minimum Gasteiger partial charge on any atom is -0.350 e. The summed E-state index contributed by atoms with van der Waals surface area (Å²) in [6.45, 7) is 5.49. The first-order valence-corrected chi connectivity index (χ1v) is 15.1. The molecule has 41 heavy (non-hydrogen) atoms. The van der Waals surface area contributed by atoms with Crippen LogP contribution in [0.2, 0.25) is 10.0 Å². The van der Waals surface area contributed by atoms with E-state index in [2.05, 4.69) is 65.9 Å². The Kier molecular flexibility index (Phi) is 11.6. The molecule has 1 saturated heterocycles. The fourth-order valence-corrected chi connectivity index (χ4v) is 5.67. The first-order valence-electron chi connectivity index (χ1n) is 14.4. The maximum absolute atomic E-state index is 13.9. The van der Waals surface area contributed by atoms with E-state index in [-0.39, 0.29) is 29.8 Å². The molecule has 1 aliphatic heterocycles. The number of amides is 2. The molecule has 3 aromatic rings. The lowest BCUT2D eigenvalue weighted by atomic mass is 9.95. The van der Waals surface area contributed by atoms with E-state index in [1.807, 2.05) is 29.2 Å². The van der Waals surface area contributed by atoms with Crippen molar-refractivity contribution in [2.75, 3.05) is 33.2 Å². The van der Waals surface area contributed by atoms with Crippen LogP contribution >= 0.6 is 23.2 Å². The van der Waals surface area contributed by atoms with Gasteiger partial charge in [0.05, 0.1) is 16.1 Å². The maximum Gasteiger partial charge on any atom is 0.251 e. The average Bonchev–Trinajstić information content (AvgIpc) is 3.13. The van der Waals surface area contributed by atoms with Gasteiger partial charge in [-0.05, 0) is 55.6 Å². The summed E-state index contributed by atoms with van der Waals surface area (Å²) in [5, 5.41) is 7.37. The van der Waals surface area contributed by atoms with Gasteiger partial charge in [-0.3, -0.25) is 9.59 Å². The van der Waals surface area contributed by atoms with Crippen molar-refractivity contribution in [3.8, 4) is 0 Å². The molecule has 0 spiro atoms. The molecule has 1 heterocycles. The zero-order valence-corrected chi connectivity index (χ0v) is 25.4. The molecule has 0 radical (unpaired) electrons. The Morgan fingerprint density at radius 2 is 1.76 bits per heavy atom. The minimum atomic E-state index is -0.337. The molecule has 0 bridgehead atoms. The van der Waals surface area contributed by atoms with E-state index in [0.29, 0.717) is 41.7 Å². The van der Waals surface area contributed by atoms with Crippen LogP contribution < -0.4 is 10.6 Å². The highest BCUT2D eigenvalue weighted by Gasteiger charge is 2.32. The molecule has 1 aliphatic rings. The quantitative estimate of drug-likeness (QED) is 0.270. The fourth-order valence-electron chi connectivity index (χ4n) is 5.37. The predicted molar refractivity (Wildman–Crippen MR) is 168 cm³/mol. The Labute approximate surface area is 254 Å². The first-order chi connectivity index (χ1) is 19.8. The fraction of sp³-hybridized carbons (Fsp3) is 0.394. The number of benzene rings is 3. The standard InChI is InChI=1S/C33H40Cl2N4O2/c1-3-25(26-12-8-5-9-13-26)23-39-19-16-28(21-36-32(40)27-14-15-29(34)30(35)20-27)37-31(33(39)41)17-18-38(2)22-24-10-6-4-7-11-24/h4-15,20,25,28,31,37H,3,16-19,21-23H2,1-2H3,(H,36,40). The van der Waals surface area contributed by atoms with Gasteiger partial charge in [0, 0.05) is 50.2 Å². The van der Waals surface area contributed by atoms with Crippen molar-refractivity contribution < 1.29 is 9.59 Å². The van der Waals surface area contributed by atoms with Crippen LogP contribution in [0.3, 0.4) is 0 Å². The molecule has 0 aromatic heterocycles. The Bertz CT molecular complexity index is 1270. The monoisotopic (exact) mass is 594 g/mol. The van der Waals surface area contributed by atoms with Crippen LogP contribution in [0, 0.1) is 0 Å². The van der Waals surface area contributed by atoms with E-state index >= 15 is 0 Å². The third-order valence-electron chi connectivity index (χ3n) is 7.78. The SMILES string of the molecule is CCC(CN1CCC(CNC(=O)c2ccc(Cl)c(Cl)c2)NC(CCN(C)Cc2ccccc2)C1=O)c1ccccc1. The summed E-state index contributed by atoms with van der Waals surface area (Å²) >= 11 is 12.1. The second kappa shape index (κ2) is 15.4.